The zero-order chi connectivity index (χ0) is 11.3. The maximum absolute atomic E-state index is 10.8. The van der Waals surface area contributed by atoms with E-state index in [0.717, 1.165) is 5.56 Å². The summed E-state index contributed by atoms with van der Waals surface area (Å²) in [5.41, 5.74) is 6.92. The molecule has 15 heavy (non-hydrogen) atoms. The molecule has 0 bridgehead atoms. The van der Waals surface area contributed by atoms with Crippen LogP contribution in [-0.4, -0.2) is 4.98 Å². The van der Waals surface area contributed by atoms with Gasteiger partial charge in [0.2, 0.25) is 0 Å². The summed E-state index contributed by atoms with van der Waals surface area (Å²) < 4.78 is 4.84. The molecule has 0 atom stereocenters. The van der Waals surface area contributed by atoms with Gasteiger partial charge < -0.3 is 10.2 Å². The van der Waals surface area contributed by atoms with Crippen molar-refractivity contribution in [1.82, 2.24) is 4.98 Å². The van der Waals surface area contributed by atoms with Crippen molar-refractivity contribution in [2.45, 2.75) is 13.8 Å². The predicted molar refractivity (Wildman–Crippen MR) is 59.2 cm³/mol. The quantitative estimate of drug-likeness (QED) is 0.503. The lowest BCUT2D eigenvalue weighted by atomic mass is 10.2. The average Bonchev–Trinajstić information content (AvgIpc) is 2.61. The average molecular weight is 204 g/mol. The van der Waals surface area contributed by atoms with Gasteiger partial charge in [0.25, 0.3) is 0 Å². The highest BCUT2D eigenvalue weighted by Gasteiger charge is 1.99. The number of fused-ring (bicyclic) bond motifs is 1. The Morgan fingerprint density at radius 1 is 1.40 bits per heavy atom. The minimum absolute atomic E-state index is 0.465. The standard InChI is InChI=1S/C9H6N2O2.C2H6/c10-4-3-6-1-2-7-8(5-6)13-9(12)11-7;1-2/h1-2,5H,10H2,(H,11,12);1-2H3. The molecule has 2 rings (SSSR count). The second-order valence-corrected chi connectivity index (χ2v) is 2.49. The van der Waals surface area contributed by atoms with E-state index in [4.69, 9.17) is 10.2 Å². The van der Waals surface area contributed by atoms with Crippen molar-refractivity contribution >= 4 is 11.1 Å². The van der Waals surface area contributed by atoms with Crippen LogP contribution in [0.1, 0.15) is 19.4 Å². The Kier molecular flexibility index (Phi) is 3.58. The first-order valence-corrected chi connectivity index (χ1v) is 4.64. The molecule has 0 saturated carbocycles. The molecule has 0 saturated heterocycles. The number of aromatic nitrogens is 1. The summed E-state index contributed by atoms with van der Waals surface area (Å²) in [6, 6.07) is 7.42. The van der Waals surface area contributed by atoms with Crippen molar-refractivity contribution in [3.05, 3.63) is 34.3 Å². The van der Waals surface area contributed by atoms with Gasteiger partial charge in [0.15, 0.2) is 5.58 Å². The number of H-pyrrole nitrogens is 1. The molecule has 0 aliphatic carbocycles. The van der Waals surface area contributed by atoms with Gasteiger partial charge in [-0.25, -0.2) is 4.79 Å². The molecule has 0 aliphatic heterocycles. The Balaban J connectivity index is 0.000000531. The van der Waals surface area contributed by atoms with Crippen LogP contribution in [0.3, 0.4) is 0 Å². The highest BCUT2D eigenvalue weighted by Crippen LogP contribution is 2.10. The third-order valence-corrected chi connectivity index (χ3v) is 1.64. The van der Waals surface area contributed by atoms with E-state index in [9.17, 15) is 4.79 Å². The van der Waals surface area contributed by atoms with E-state index in [2.05, 4.69) is 16.9 Å². The largest absolute Gasteiger partial charge is 0.417 e. The van der Waals surface area contributed by atoms with Crippen LogP contribution in [0.15, 0.2) is 27.4 Å². The van der Waals surface area contributed by atoms with Crippen LogP contribution in [0.5, 0.6) is 0 Å². The number of nitrogens with one attached hydrogen (secondary N) is 1. The van der Waals surface area contributed by atoms with Crippen molar-refractivity contribution < 1.29 is 4.42 Å². The summed E-state index contributed by atoms with van der Waals surface area (Å²) in [6.07, 6.45) is 0. The molecular formula is C11H12N2O2. The molecule has 0 spiro atoms. The van der Waals surface area contributed by atoms with Crippen molar-refractivity contribution in [3.63, 3.8) is 0 Å². The van der Waals surface area contributed by atoms with Crippen molar-refractivity contribution in [3.8, 4) is 12.0 Å². The Hall–Kier alpha value is -2.15. The highest BCUT2D eigenvalue weighted by molar-refractivity contribution is 5.73. The lowest BCUT2D eigenvalue weighted by Crippen LogP contribution is -1.92. The maximum Gasteiger partial charge on any atom is 0.417 e. The molecule has 1 heterocycles. The molecule has 78 valence electrons. The van der Waals surface area contributed by atoms with Crippen LogP contribution >= 0.6 is 0 Å². The Morgan fingerprint density at radius 3 is 2.80 bits per heavy atom. The highest BCUT2D eigenvalue weighted by atomic mass is 16.4. The first kappa shape index (κ1) is 10.9. The van der Waals surface area contributed by atoms with Crippen LogP contribution < -0.4 is 11.5 Å². The van der Waals surface area contributed by atoms with Gasteiger partial charge in [0, 0.05) is 11.6 Å². The summed E-state index contributed by atoms with van der Waals surface area (Å²) >= 11 is 0. The number of nitrogens with two attached hydrogens (primary N) is 1. The third kappa shape index (κ3) is 2.41. The molecule has 1 aromatic heterocycles. The second-order valence-electron chi connectivity index (χ2n) is 2.49. The number of oxazole rings is 1. The van der Waals surface area contributed by atoms with Gasteiger partial charge in [-0.05, 0) is 24.1 Å². The van der Waals surface area contributed by atoms with E-state index in [1.165, 1.54) is 0 Å². The minimum Gasteiger partial charge on any atom is -0.408 e. The van der Waals surface area contributed by atoms with Gasteiger partial charge in [-0.3, -0.25) is 4.98 Å². The molecule has 4 heteroatoms. The van der Waals surface area contributed by atoms with Crippen LogP contribution in [0.4, 0.5) is 0 Å². The van der Waals surface area contributed by atoms with Gasteiger partial charge in [-0.15, -0.1) is 0 Å². The second kappa shape index (κ2) is 4.91. The van der Waals surface area contributed by atoms with E-state index in [-0.39, 0.29) is 0 Å². The van der Waals surface area contributed by atoms with E-state index in [1.807, 2.05) is 13.8 Å². The SMILES string of the molecule is CC.NC#Cc1ccc2[nH]c(=O)oc2c1. The molecule has 0 unspecified atom stereocenters. The van der Waals surface area contributed by atoms with Crippen LogP contribution in [0, 0.1) is 12.0 Å². The third-order valence-electron chi connectivity index (χ3n) is 1.64. The summed E-state index contributed by atoms with van der Waals surface area (Å²) in [7, 11) is 0. The van der Waals surface area contributed by atoms with Gasteiger partial charge >= 0.3 is 5.76 Å². The number of benzene rings is 1. The molecule has 0 aliphatic rings. The molecule has 3 N–H and O–H groups in total. The molecule has 1 aromatic carbocycles. The molecule has 0 amide bonds. The topological polar surface area (TPSA) is 72.0 Å². The van der Waals surface area contributed by atoms with E-state index >= 15 is 0 Å². The molecule has 0 radical (unpaired) electrons. The van der Waals surface area contributed by atoms with Crippen molar-refractivity contribution in [1.29, 1.82) is 0 Å². The molecule has 4 nitrogen and oxygen atoms in total. The smallest absolute Gasteiger partial charge is 0.408 e. The van der Waals surface area contributed by atoms with Crippen LogP contribution in [0.2, 0.25) is 0 Å². The minimum atomic E-state index is -0.465. The lowest BCUT2D eigenvalue weighted by Gasteiger charge is -1.87. The normalized spacial score (nSPS) is 8.67. The Bertz CT molecular complexity index is 555. The van der Waals surface area contributed by atoms with Gasteiger partial charge in [0.05, 0.1) is 5.52 Å². The lowest BCUT2D eigenvalue weighted by molar-refractivity contribution is 0.555. The first-order chi connectivity index (χ1) is 7.29. The number of rotatable bonds is 0. The number of hydrogen-bond donors (Lipinski definition) is 2. The van der Waals surface area contributed by atoms with E-state index in [1.54, 1.807) is 18.2 Å². The predicted octanol–water partition coefficient (Wildman–Crippen LogP) is 1.42. The van der Waals surface area contributed by atoms with Crippen molar-refractivity contribution in [2.75, 3.05) is 0 Å². The zero-order valence-electron chi connectivity index (χ0n) is 8.63. The van der Waals surface area contributed by atoms with Gasteiger partial charge in [-0.2, -0.15) is 0 Å². The molecule has 2 aromatic rings. The fourth-order valence-electron chi connectivity index (χ4n) is 1.11. The monoisotopic (exact) mass is 204 g/mol. The summed E-state index contributed by atoms with van der Waals surface area (Å²) in [6.45, 7) is 4.00. The van der Waals surface area contributed by atoms with Crippen LogP contribution in [-0.2, 0) is 0 Å². The summed E-state index contributed by atoms with van der Waals surface area (Å²) in [4.78, 5) is 13.3. The fraction of sp³-hybridized carbons (Fsp3) is 0.182. The maximum atomic E-state index is 10.8. The first-order valence-electron chi connectivity index (χ1n) is 4.64. The van der Waals surface area contributed by atoms with Gasteiger partial charge in [-0.1, -0.05) is 13.8 Å². The molecular weight excluding hydrogens is 192 g/mol. The fourth-order valence-corrected chi connectivity index (χ4v) is 1.11. The van der Waals surface area contributed by atoms with Gasteiger partial charge in [0.1, 0.15) is 0 Å². The Morgan fingerprint density at radius 2 is 2.13 bits per heavy atom. The van der Waals surface area contributed by atoms with E-state index in [0.29, 0.717) is 11.1 Å². The summed E-state index contributed by atoms with van der Waals surface area (Å²) in [5.74, 6) is 2.20. The number of aromatic amines is 1. The molecule has 0 fully saturated rings. The number of hydrogen-bond acceptors (Lipinski definition) is 3. The zero-order valence-corrected chi connectivity index (χ0v) is 8.63. The summed E-state index contributed by atoms with van der Waals surface area (Å²) in [5, 5.41) is 0. The Labute approximate surface area is 87.1 Å². The van der Waals surface area contributed by atoms with Crippen LogP contribution in [0.25, 0.3) is 11.1 Å². The van der Waals surface area contributed by atoms with Crippen molar-refractivity contribution in [2.24, 2.45) is 5.73 Å². The van der Waals surface area contributed by atoms with E-state index < -0.39 is 5.76 Å².